The van der Waals surface area contributed by atoms with E-state index in [2.05, 4.69) is 53.3 Å². The van der Waals surface area contributed by atoms with E-state index in [1.807, 2.05) is 6.07 Å². The van der Waals surface area contributed by atoms with Crippen LogP contribution >= 0.6 is 27.5 Å². The summed E-state index contributed by atoms with van der Waals surface area (Å²) >= 11 is 9.48. The molecule has 0 aliphatic heterocycles. The zero-order chi connectivity index (χ0) is 13.1. The highest BCUT2D eigenvalue weighted by atomic mass is 79.9. The van der Waals surface area contributed by atoms with Crippen molar-refractivity contribution >= 4 is 33.6 Å². The lowest BCUT2D eigenvalue weighted by Crippen LogP contribution is -2.21. The maximum absolute atomic E-state index is 6.01. The Balaban J connectivity index is 2.11. The van der Waals surface area contributed by atoms with Crippen LogP contribution in [0.5, 0.6) is 0 Å². The minimum Gasteiger partial charge on any atom is -0.310 e. The Morgan fingerprint density at radius 3 is 2.78 bits per heavy atom. The summed E-state index contributed by atoms with van der Waals surface area (Å²) in [5.74, 6) is 0.561. The second-order valence-corrected chi connectivity index (χ2v) is 6.46. The molecule has 1 aromatic rings. The molecule has 1 N–H and O–H groups in total. The summed E-state index contributed by atoms with van der Waals surface area (Å²) in [6.45, 7) is 5.47. The molecule has 1 fully saturated rings. The number of nitrogens with one attached hydrogen (secondary N) is 1. The minimum atomic E-state index is 0.561. The van der Waals surface area contributed by atoms with Gasteiger partial charge in [0.05, 0.1) is 5.02 Å². The Hall–Kier alpha value is -0.310. The van der Waals surface area contributed by atoms with Crippen LogP contribution in [0.2, 0.25) is 5.02 Å². The molecule has 2 rings (SSSR count). The molecule has 0 unspecified atom stereocenters. The van der Waals surface area contributed by atoms with Crippen molar-refractivity contribution in [2.24, 2.45) is 5.92 Å². The molecular weight excluding hydrogens is 310 g/mol. The molecule has 0 spiro atoms. The molecule has 18 heavy (non-hydrogen) atoms. The Labute approximate surface area is 123 Å². The lowest BCUT2D eigenvalue weighted by molar-refractivity contribution is 0.662. The summed E-state index contributed by atoms with van der Waals surface area (Å²) in [6, 6.07) is 6.82. The van der Waals surface area contributed by atoms with Gasteiger partial charge >= 0.3 is 0 Å². The van der Waals surface area contributed by atoms with Crippen molar-refractivity contribution < 1.29 is 0 Å². The van der Waals surface area contributed by atoms with Crippen molar-refractivity contribution in [3.63, 3.8) is 0 Å². The van der Waals surface area contributed by atoms with Crippen molar-refractivity contribution in [3.8, 4) is 0 Å². The van der Waals surface area contributed by atoms with Gasteiger partial charge < -0.3 is 5.32 Å². The molecular formula is C15H19BrClN. The highest BCUT2D eigenvalue weighted by Crippen LogP contribution is 2.25. The highest BCUT2D eigenvalue weighted by Gasteiger charge is 2.20. The fourth-order valence-electron chi connectivity index (χ4n) is 1.79. The number of benzene rings is 1. The zero-order valence-electron chi connectivity index (χ0n) is 10.8. The molecule has 0 aromatic heterocycles. The van der Waals surface area contributed by atoms with Gasteiger partial charge in [-0.3, -0.25) is 0 Å². The highest BCUT2D eigenvalue weighted by molar-refractivity contribution is 9.10. The van der Waals surface area contributed by atoms with E-state index in [1.165, 1.54) is 24.0 Å². The fraction of sp³-hybridized carbons (Fsp3) is 0.467. The normalized spacial score (nSPS) is 16.4. The largest absolute Gasteiger partial charge is 0.310 e. The van der Waals surface area contributed by atoms with Gasteiger partial charge in [-0.25, -0.2) is 0 Å². The first-order valence-electron chi connectivity index (χ1n) is 6.45. The molecule has 1 saturated carbocycles. The number of halogens is 2. The molecule has 1 nitrogen and oxygen atoms in total. The van der Waals surface area contributed by atoms with Crippen molar-refractivity contribution in [3.05, 3.63) is 38.8 Å². The Morgan fingerprint density at radius 2 is 2.22 bits per heavy atom. The van der Waals surface area contributed by atoms with Gasteiger partial charge in [0.25, 0.3) is 0 Å². The van der Waals surface area contributed by atoms with Gasteiger partial charge in [-0.15, -0.1) is 0 Å². The Morgan fingerprint density at radius 1 is 1.50 bits per heavy atom. The fourth-order valence-corrected chi connectivity index (χ4v) is 2.30. The molecule has 1 aliphatic carbocycles. The molecule has 1 aliphatic rings. The van der Waals surface area contributed by atoms with Gasteiger partial charge in [-0.2, -0.15) is 0 Å². The molecule has 0 heterocycles. The molecule has 3 heteroatoms. The van der Waals surface area contributed by atoms with E-state index < -0.39 is 0 Å². The van der Waals surface area contributed by atoms with E-state index in [4.69, 9.17) is 11.6 Å². The van der Waals surface area contributed by atoms with E-state index in [0.717, 1.165) is 22.1 Å². The molecule has 0 amide bonds. The SMILES string of the molecule is CC(C)/C(=C/c1ccc(Cl)c(Br)c1)CNC1CC1. The van der Waals surface area contributed by atoms with Crippen LogP contribution in [0.1, 0.15) is 32.3 Å². The van der Waals surface area contributed by atoms with Crippen LogP contribution in [-0.4, -0.2) is 12.6 Å². The van der Waals surface area contributed by atoms with Crippen LogP contribution in [-0.2, 0) is 0 Å². The Kier molecular flexibility index (Phi) is 4.88. The summed E-state index contributed by atoms with van der Waals surface area (Å²) in [6.07, 6.45) is 4.93. The number of hydrogen-bond donors (Lipinski definition) is 1. The van der Waals surface area contributed by atoms with E-state index in [0.29, 0.717) is 5.92 Å². The van der Waals surface area contributed by atoms with Crippen LogP contribution in [0.4, 0.5) is 0 Å². The first-order chi connectivity index (χ1) is 8.56. The molecule has 0 bridgehead atoms. The molecule has 98 valence electrons. The summed E-state index contributed by atoms with van der Waals surface area (Å²) in [5, 5.41) is 4.34. The summed E-state index contributed by atoms with van der Waals surface area (Å²) < 4.78 is 0.955. The van der Waals surface area contributed by atoms with Crippen LogP contribution in [0.15, 0.2) is 28.2 Å². The van der Waals surface area contributed by atoms with Gasteiger partial charge in [0.15, 0.2) is 0 Å². The summed E-state index contributed by atoms with van der Waals surface area (Å²) in [7, 11) is 0. The predicted octanol–water partition coefficient (Wildman–Crippen LogP) is 4.89. The zero-order valence-corrected chi connectivity index (χ0v) is 13.2. The third kappa shape index (κ3) is 4.11. The predicted molar refractivity (Wildman–Crippen MR) is 83.0 cm³/mol. The van der Waals surface area contributed by atoms with E-state index >= 15 is 0 Å². The van der Waals surface area contributed by atoms with E-state index in [1.54, 1.807) is 0 Å². The van der Waals surface area contributed by atoms with Gasteiger partial charge in [-0.05, 0) is 52.4 Å². The van der Waals surface area contributed by atoms with Crippen LogP contribution in [0.25, 0.3) is 6.08 Å². The first-order valence-corrected chi connectivity index (χ1v) is 7.62. The number of hydrogen-bond acceptors (Lipinski definition) is 1. The average Bonchev–Trinajstić information content (AvgIpc) is 3.12. The van der Waals surface area contributed by atoms with Gasteiger partial charge in [0.2, 0.25) is 0 Å². The van der Waals surface area contributed by atoms with E-state index in [-0.39, 0.29) is 0 Å². The van der Waals surface area contributed by atoms with Gasteiger partial charge in [0, 0.05) is 17.1 Å². The van der Waals surface area contributed by atoms with Gasteiger partial charge in [0.1, 0.15) is 0 Å². The first kappa shape index (κ1) is 14.1. The van der Waals surface area contributed by atoms with Crippen molar-refractivity contribution in [1.82, 2.24) is 5.32 Å². The van der Waals surface area contributed by atoms with Crippen LogP contribution in [0.3, 0.4) is 0 Å². The summed E-state index contributed by atoms with van der Waals surface area (Å²) in [5.41, 5.74) is 2.64. The van der Waals surface area contributed by atoms with Crippen molar-refractivity contribution in [2.45, 2.75) is 32.7 Å². The monoisotopic (exact) mass is 327 g/mol. The topological polar surface area (TPSA) is 12.0 Å². The third-order valence-corrected chi connectivity index (χ3v) is 4.42. The molecule has 0 radical (unpaired) electrons. The maximum Gasteiger partial charge on any atom is 0.0548 e. The second kappa shape index (κ2) is 6.23. The van der Waals surface area contributed by atoms with Gasteiger partial charge in [-0.1, -0.05) is 43.2 Å². The second-order valence-electron chi connectivity index (χ2n) is 5.20. The quantitative estimate of drug-likeness (QED) is 0.811. The van der Waals surface area contributed by atoms with Crippen molar-refractivity contribution in [1.29, 1.82) is 0 Å². The smallest absolute Gasteiger partial charge is 0.0548 e. The average molecular weight is 329 g/mol. The third-order valence-electron chi connectivity index (χ3n) is 3.21. The molecule has 0 saturated heterocycles. The standard InChI is InChI=1S/C15H19BrClN/c1-10(2)12(9-18-13-4-5-13)7-11-3-6-15(17)14(16)8-11/h3,6-8,10,13,18H,4-5,9H2,1-2H3/b12-7+. The minimum absolute atomic E-state index is 0.561. The van der Waals surface area contributed by atoms with Crippen LogP contribution in [0, 0.1) is 5.92 Å². The van der Waals surface area contributed by atoms with Crippen LogP contribution < -0.4 is 5.32 Å². The molecule has 0 atom stereocenters. The van der Waals surface area contributed by atoms with Crippen molar-refractivity contribution in [2.75, 3.05) is 6.54 Å². The lowest BCUT2D eigenvalue weighted by Gasteiger charge is -2.13. The lowest BCUT2D eigenvalue weighted by atomic mass is 10.0. The Bertz CT molecular complexity index is 450. The maximum atomic E-state index is 6.01. The number of rotatable bonds is 5. The summed E-state index contributed by atoms with van der Waals surface area (Å²) in [4.78, 5) is 0. The molecule has 1 aromatic carbocycles. The van der Waals surface area contributed by atoms with E-state index in [9.17, 15) is 0 Å².